The van der Waals surface area contributed by atoms with Crippen molar-refractivity contribution in [1.82, 2.24) is 0 Å². The number of rotatable bonds is 2. The van der Waals surface area contributed by atoms with E-state index in [0.717, 1.165) is 43.1 Å². The maximum atomic E-state index is 6.68. The zero-order valence-corrected chi connectivity index (χ0v) is 12.7. The average Bonchev–Trinajstić information content (AvgIpc) is 2.87. The average molecular weight is 296 g/mol. The van der Waals surface area contributed by atoms with Gasteiger partial charge in [-0.05, 0) is 43.4 Å². The fourth-order valence-electron chi connectivity index (χ4n) is 3.46. The summed E-state index contributed by atoms with van der Waals surface area (Å²) in [6.07, 6.45) is 2.93. The van der Waals surface area contributed by atoms with Gasteiger partial charge in [0.1, 0.15) is 0 Å². The van der Waals surface area contributed by atoms with Gasteiger partial charge in [0, 0.05) is 30.2 Å². The van der Waals surface area contributed by atoms with Gasteiger partial charge in [-0.25, -0.2) is 0 Å². The van der Waals surface area contributed by atoms with Crippen LogP contribution >= 0.6 is 11.6 Å². The fraction of sp³-hybridized carbons (Fsp3) is 0.625. The Kier molecular flexibility index (Phi) is 3.80. The second kappa shape index (κ2) is 5.30. The molecule has 3 nitrogen and oxygen atoms in total. The number of ether oxygens (including phenoxy) is 2. The van der Waals surface area contributed by atoms with E-state index in [2.05, 4.69) is 13.0 Å². The highest BCUT2D eigenvalue weighted by Crippen LogP contribution is 2.42. The highest BCUT2D eigenvalue weighted by molar-refractivity contribution is 6.30. The molecule has 1 spiro atoms. The van der Waals surface area contributed by atoms with Crippen molar-refractivity contribution in [3.05, 3.63) is 34.9 Å². The first-order valence-electron chi connectivity index (χ1n) is 7.29. The van der Waals surface area contributed by atoms with Crippen LogP contribution in [0.3, 0.4) is 0 Å². The van der Waals surface area contributed by atoms with Gasteiger partial charge in [0.2, 0.25) is 0 Å². The Hall–Kier alpha value is -0.610. The molecule has 1 aromatic rings. The van der Waals surface area contributed by atoms with E-state index in [1.807, 2.05) is 18.2 Å². The predicted molar refractivity (Wildman–Crippen MR) is 79.8 cm³/mol. The number of halogens is 1. The molecule has 0 aliphatic carbocycles. The Morgan fingerprint density at radius 3 is 2.95 bits per heavy atom. The molecule has 2 heterocycles. The molecule has 2 fully saturated rings. The molecule has 20 heavy (non-hydrogen) atoms. The smallest absolute Gasteiger partial charge is 0.0940 e. The standard InChI is InChI=1S/C16H22ClNO2/c1-15(18,12-3-2-4-14(17)9-12)13-5-7-20-16(10-13)6-8-19-11-16/h2-4,9,13H,5-8,10-11,18H2,1H3. The van der Waals surface area contributed by atoms with E-state index >= 15 is 0 Å². The van der Waals surface area contributed by atoms with Crippen LogP contribution in [0.15, 0.2) is 24.3 Å². The number of benzene rings is 1. The van der Waals surface area contributed by atoms with Gasteiger partial charge < -0.3 is 15.2 Å². The molecule has 2 aliphatic rings. The maximum absolute atomic E-state index is 6.68. The Labute approximate surface area is 125 Å². The molecule has 2 saturated heterocycles. The molecule has 3 unspecified atom stereocenters. The molecular weight excluding hydrogens is 274 g/mol. The molecule has 0 saturated carbocycles. The summed E-state index contributed by atoms with van der Waals surface area (Å²) in [7, 11) is 0. The lowest BCUT2D eigenvalue weighted by atomic mass is 9.71. The molecule has 4 heteroatoms. The first kappa shape index (κ1) is 14.3. The molecule has 1 aromatic carbocycles. The second-order valence-electron chi connectivity index (χ2n) is 6.32. The third kappa shape index (κ3) is 2.60. The summed E-state index contributed by atoms with van der Waals surface area (Å²) in [6, 6.07) is 7.90. The van der Waals surface area contributed by atoms with Gasteiger partial charge in [-0.1, -0.05) is 23.7 Å². The van der Waals surface area contributed by atoms with Crippen molar-refractivity contribution in [2.75, 3.05) is 19.8 Å². The third-order valence-corrected chi connectivity index (χ3v) is 5.09. The van der Waals surface area contributed by atoms with Crippen molar-refractivity contribution in [2.24, 2.45) is 11.7 Å². The summed E-state index contributed by atoms with van der Waals surface area (Å²) in [4.78, 5) is 0. The lowest BCUT2D eigenvalue weighted by Crippen LogP contribution is -2.50. The summed E-state index contributed by atoms with van der Waals surface area (Å²) in [5.74, 6) is 0.386. The highest BCUT2D eigenvalue weighted by Gasteiger charge is 2.45. The summed E-state index contributed by atoms with van der Waals surface area (Å²) in [5, 5.41) is 0.741. The minimum Gasteiger partial charge on any atom is -0.378 e. The summed E-state index contributed by atoms with van der Waals surface area (Å²) >= 11 is 6.11. The molecule has 2 aliphatic heterocycles. The largest absolute Gasteiger partial charge is 0.378 e. The summed E-state index contributed by atoms with van der Waals surface area (Å²) in [5.41, 5.74) is 7.29. The molecule has 3 atom stereocenters. The maximum Gasteiger partial charge on any atom is 0.0940 e. The second-order valence-corrected chi connectivity index (χ2v) is 6.75. The van der Waals surface area contributed by atoms with Crippen LogP contribution in [0.2, 0.25) is 5.02 Å². The van der Waals surface area contributed by atoms with Gasteiger partial charge in [0.25, 0.3) is 0 Å². The van der Waals surface area contributed by atoms with Crippen molar-refractivity contribution in [3.63, 3.8) is 0 Å². The topological polar surface area (TPSA) is 44.5 Å². The van der Waals surface area contributed by atoms with Crippen molar-refractivity contribution in [2.45, 2.75) is 37.3 Å². The van der Waals surface area contributed by atoms with Crippen molar-refractivity contribution >= 4 is 11.6 Å². The summed E-state index contributed by atoms with van der Waals surface area (Å²) in [6.45, 7) is 4.37. The molecule has 0 radical (unpaired) electrons. The van der Waals surface area contributed by atoms with Crippen LogP contribution in [0.1, 0.15) is 31.7 Å². The lowest BCUT2D eigenvalue weighted by Gasteiger charge is -2.44. The molecular formula is C16H22ClNO2. The minimum atomic E-state index is -0.385. The Morgan fingerprint density at radius 2 is 2.25 bits per heavy atom. The number of nitrogens with two attached hydrogens (primary N) is 1. The highest BCUT2D eigenvalue weighted by atomic mass is 35.5. The lowest BCUT2D eigenvalue weighted by molar-refractivity contribution is -0.109. The van der Waals surface area contributed by atoms with Gasteiger partial charge >= 0.3 is 0 Å². The fourth-order valence-corrected chi connectivity index (χ4v) is 3.65. The van der Waals surface area contributed by atoms with Crippen LogP contribution in [0.25, 0.3) is 0 Å². The van der Waals surface area contributed by atoms with Gasteiger partial charge in [-0.15, -0.1) is 0 Å². The van der Waals surface area contributed by atoms with Crippen LogP contribution < -0.4 is 5.73 Å². The van der Waals surface area contributed by atoms with Gasteiger partial charge in [-0.2, -0.15) is 0 Å². The van der Waals surface area contributed by atoms with Crippen molar-refractivity contribution in [3.8, 4) is 0 Å². The van der Waals surface area contributed by atoms with Crippen LogP contribution in [0.4, 0.5) is 0 Å². The van der Waals surface area contributed by atoms with Gasteiger partial charge in [-0.3, -0.25) is 0 Å². The minimum absolute atomic E-state index is 0.109. The van der Waals surface area contributed by atoms with E-state index in [1.54, 1.807) is 0 Å². The number of hydrogen-bond donors (Lipinski definition) is 1. The SMILES string of the molecule is CC(N)(c1cccc(Cl)c1)C1CCOC2(CCOC2)C1. The first-order chi connectivity index (χ1) is 9.52. The van der Waals surface area contributed by atoms with Crippen LogP contribution in [-0.2, 0) is 15.0 Å². The van der Waals surface area contributed by atoms with E-state index in [0.29, 0.717) is 12.5 Å². The van der Waals surface area contributed by atoms with Gasteiger partial charge in [0.15, 0.2) is 0 Å². The van der Waals surface area contributed by atoms with E-state index < -0.39 is 0 Å². The first-order valence-corrected chi connectivity index (χ1v) is 7.66. The van der Waals surface area contributed by atoms with Crippen LogP contribution in [-0.4, -0.2) is 25.4 Å². The normalized spacial score (nSPS) is 33.2. The molecule has 2 N–H and O–H groups in total. The zero-order chi connectivity index (χ0) is 14.2. The van der Waals surface area contributed by atoms with Gasteiger partial charge in [0.05, 0.1) is 12.2 Å². The Morgan fingerprint density at radius 1 is 1.40 bits per heavy atom. The molecule has 110 valence electrons. The predicted octanol–water partition coefficient (Wildman–Crippen LogP) is 3.10. The Bertz CT molecular complexity index is 483. The monoisotopic (exact) mass is 295 g/mol. The Balaban J connectivity index is 1.83. The van der Waals surface area contributed by atoms with Crippen LogP contribution in [0.5, 0.6) is 0 Å². The quantitative estimate of drug-likeness (QED) is 0.912. The zero-order valence-electron chi connectivity index (χ0n) is 11.9. The van der Waals surface area contributed by atoms with E-state index in [9.17, 15) is 0 Å². The van der Waals surface area contributed by atoms with E-state index in [4.69, 9.17) is 26.8 Å². The van der Waals surface area contributed by atoms with Crippen molar-refractivity contribution < 1.29 is 9.47 Å². The third-order valence-electron chi connectivity index (χ3n) is 4.85. The van der Waals surface area contributed by atoms with Crippen molar-refractivity contribution in [1.29, 1.82) is 0 Å². The molecule has 0 amide bonds. The molecule has 0 aromatic heterocycles. The summed E-state index contributed by atoms with van der Waals surface area (Å²) < 4.78 is 11.5. The number of hydrogen-bond acceptors (Lipinski definition) is 3. The van der Waals surface area contributed by atoms with E-state index in [-0.39, 0.29) is 11.1 Å². The molecule has 0 bridgehead atoms. The van der Waals surface area contributed by atoms with E-state index in [1.165, 1.54) is 0 Å². The molecule has 3 rings (SSSR count). The van der Waals surface area contributed by atoms with Crippen LogP contribution in [0, 0.1) is 5.92 Å².